The lowest BCUT2D eigenvalue weighted by Crippen LogP contribution is -2.32. The van der Waals surface area contributed by atoms with Crippen LogP contribution in [0.5, 0.6) is 0 Å². The number of likely N-dealkylation sites (tertiary alicyclic amines) is 1. The molecule has 1 fully saturated rings. The van der Waals surface area contributed by atoms with Crippen molar-refractivity contribution in [2.24, 2.45) is 5.92 Å². The van der Waals surface area contributed by atoms with Gasteiger partial charge in [0.05, 0.1) is 12.2 Å². The zero-order valence-corrected chi connectivity index (χ0v) is 14.0. The molecule has 2 N–H and O–H groups in total. The van der Waals surface area contributed by atoms with Gasteiger partial charge in [-0.2, -0.15) is 0 Å². The topological polar surface area (TPSA) is 69.6 Å². The van der Waals surface area contributed by atoms with E-state index in [1.54, 1.807) is 36.4 Å². The highest BCUT2D eigenvalue weighted by molar-refractivity contribution is 6.13. The molecule has 2 aromatic rings. The van der Waals surface area contributed by atoms with Crippen molar-refractivity contribution in [3.8, 4) is 0 Å². The smallest absolute Gasteiger partial charge is 0.238 e. The average Bonchev–Trinajstić information content (AvgIpc) is 3.10. The Bertz CT molecular complexity index is 746. The van der Waals surface area contributed by atoms with E-state index in [0.29, 0.717) is 16.8 Å². The Balaban J connectivity index is 1.69. The monoisotopic (exact) mass is 338 g/mol. The molecule has 1 atom stereocenters. The number of benzene rings is 2. The molecule has 1 amide bonds. The third-order valence-corrected chi connectivity index (χ3v) is 4.48. The van der Waals surface area contributed by atoms with Gasteiger partial charge >= 0.3 is 0 Å². The molecule has 1 aliphatic rings. The number of anilines is 1. The molecular weight excluding hydrogens is 316 g/mol. The zero-order valence-electron chi connectivity index (χ0n) is 14.0. The van der Waals surface area contributed by atoms with Crippen LogP contribution in [0.25, 0.3) is 0 Å². The third kappa shape index (κ3) is 4.32. The number of nitrogens with zero attached hydrogens (tertiary/aromatic N) is 1. The number of aliphatic hydroxyl groups is 1. The average molecular weight is 338 g/mol. The van der Waals surface area contributed by atoms with Crippen molar-refractivity contribution in [3.63, 3.8) is 0 Å². The van der Waals surface area contributed by atoms with Crippen molar-refractivity contribution in [1.82, 2.24) is 4.90 Å². The minimum Gasteiger partial charge on any atom is -0.396 e. The summed E-state index contributed by atoms with van der Waals surface area (Å²) in [6.45, 7) is 1.97. The van der Waals surface area contributed by atoms with E-state index in [4.69, 9.17) is 0 Å². The predicted molar refractivity (Wildman–Crippen MR) is 96.6 cm³/mol. The molecule has 0 aliphatic carbocycles. The molecule has 0 saturated carbocycles. The molecule has 2 aromatic carbocycles. The molecule has 0 radical (unpaired) electrons. The first-order chi connectivity index (χ1) is 12.2. The molecular formula is C20H22N2O3. The van der Waals surface area contributed by atoms with Gasteiger partial charge in [-0.05, 0) is 31.0 Å². The Hall–Kier alpha value is -2.50. The Morgan fingerprint density at radius 1 is 1.08 bits per heavy atom. The first kappa shape index (κ1) is 17.3. The van der Waals surface area contributed by atoms with Gasteiger partial charge in [0.15, 0.2) is 5.78 Å². The van der Waals surface area contributed by atoms with Crippen LogP contribution in [0, 0.1) is 5.92 Å². The zero-order chi connectivity index (χ0) is 17.6. The van der Waals surface area contributed by atoms with E-state index >= 15 is 0 Å². The van der Waals surface area contributed by atoms with Gasteiger partial charge in [0.1, 0.15) is 0 Å². The van der Waals surface area contributed by atoms with Crippen molar-refractivity contribution in [2.75, 3.05) is 31.6 Å². The summed E-state index contributed by atoms with van der Waals surface area (Å²) < 4.78 is 0. The van der Waals surface area contributed by atoms with Crippen LogP contribution in [0.1, 0.15) is 22.3 Å². The molecule has 130 valence electrons. The summed E-state index contributed by atoms with van der Waals surface area (Å²) in [5, 5.41) is 12.1. The number of rotatable bonds is 6. The molecule has 25 heavy (non-hydrogen) atoms. The van der Waals surface area contributed by atoms with Crippen molar-refractivity contribution in [2.45, 2.75) is 6.42 Å². The molecule has 1 unspecified atom stereocenters. The van der Waals surface area contributed by atoms with E-state index < -0.39 is 0 Å². The fourth-order valence-corrected chi connectivity index (χ4v) is 3.13. The van der Waals surface area contributed by atoms with Gasteiger partial charge in [-0.15, -0.1) is 0 Å². The van der Waals surface area contributed by atoms with Gasteiger partial charge in [0.2, 0.25) is 5.91 Å². The summed E-state index contributed by atoms with van der Waals surface area (Å²) in [5.41, 5.74) is 1.60. The molecule has 0 spiro atoms. The second-order valence-electron chi connectivity index (χ2n) is 6.36. The number of hydrogen-bond donors (Lipinski definition) is 2. The number of hydrogen-bond acceptors (Lipinski definition) is 4. The summed E-state index contributed by atoms with van der Waals surface area (Å²) >= 11 is 0. The standard InChI is InChI=1S/C20H22N2O3/c23-14-15-10-11-22(12-15)13-19(24)21-18-9-5-4-8-17(18)20(25)16-6-2-1-3-7-16/h1-9,15,23H,10-14H2,(H,21,24). The number of aliphatic hydroxyl groups excluding tert-OH is 1. The van der Waals surface area contributed by atoms with Crippen LogP contribution in [0.2, 0.25) is 0 Å². The summed E-state index contributed by atoms with van der Waals surface area (Å²) in [5.74, 6) is -0.00957. The van der Waals surface area contributed by atoms with E-state index in [1.165, 1.54) is 0 Å². The largest absolute Gasteiger partial charge is 0.396 e. The highest BCUT2D eigenvalue weighted by atomic mass is 16.3. The van der Waals surface area contributed by atoms with E-state index in [2.05, 4.69) is 5.32 Å². The fourth-order valence-electron chi connectivity index (χ4n) is 3.13. The highest BCUT2D eigenvalue weighted by Gasteiger charge is 2.23. The van der Waals surface area contributed by atoms with Crippen LogP contribution in [0.3, 0.4) is 0 Å². The van der Waals surface area contributed by atoms with Crippen LogP contribution >= 0.6 is 0 Å². The van der Waals surface area contributed by atoms with Crippen LogP contribution in [-0.2, 0) is 4.79 Å². The van der Waals surface area contributed by atoms with E-state index in [0.717, 1.165) is 19.5 Å². The molecule has 0 aromatic heterocycles. The quantitative estimate of drug-likeness (QED) is 0.792. The highest BCUT2D eigenvalue weighted by Crippen LogP contribution is 2.20. The minimum absolute atomic E-state index is 0.113. The molecule has 0 bridgehead atoms. The fraction of sp³-hybridized carbons (Fsp3) is 0.300. The van der Waals surface area contributed by atoms with Crippen molar-refractivity contribution in [1.29, 1.82) is 0 Å². The van der Waals surface area contributed by atoms with Gasteiger partial charge in [0.25, 0.3) is 0 Å². The first-order valence-corrected chi connectivity index (χ1v) is 8.49. The maximum Gasteiger partial charge on any atom is 0.238 e. The third-order valence-electron chi connectivity index (χ3n) is 4.48. The van der Waals surface area contributed by atoms with Gasteiger partial charge in [-0.25, -0.2) is 0 Å². The van der Waals surface area contributed by atoms with Crippen molar-refractivity contribution >= 4 is 17.4 Å². The molecule has 5 heteroatoms. The van der Waals surface area contributed by atoms with Gasteiger partial charge in [0, 0.05) is 24.3 Å². The SMILES string of the molecule is O=C(CN1CCC(CO)C1)Nc1ccccc1C(=O)c1ccccc1. The summed E-state index contributed by atoms with van der Waals surface area (Å²) in [7, 11) is 0. The Morgan fingerprint density at radius 2 is 1.80 bits per heavy atom. The minimum atomic E-state index is -0.146. The predicted octanol–water partition coefficient (Wildman–Crippen LogP) is 2.17. The second kappa shape index (κ2) is 8.05. The maximum absolute atomic E-state index is 12.7. The number of carbonyl (C=O) groups excluding carboxylic acids is 2. The Morgan fingerprint density at radius 3 is 2.52 bits per heavy atom. The number of ketones is 1. The molecule has 1 saturated heterocycles. The second-order valence-corrected chi connectivity index (χ2v) is 6.36. The van der Waals surface area contributed by atoms with Gasteiger partial charge < -0.3 is 10.4 Å². The molecule has 1 aliphatic heterocycles. The van der Waals surface area contributed by atoms with Crippen molar-refractivity contribution < 1.29 is 14.7 Å². The van der Waals surface area contributed by atoms with Crippen LogP contribution < -0.4 is 5.32 Å². The summed E-state index contributed by atoms with van der Waals surface area (Å²) in [4.78, 5) is 27.1. The van der Waals surface area contributed by atoms with Crippen LogP contribution in [0.15, 0.2) is 54.6 Å². The molecule has 1 heterocycles. The lowest BCUT2D eigenvalue weighted by atomic mass is 10.0. The lowest BCUT2D eigenvalue weighted by Gasteiger charge is -2.16. The van der Waals surface area contributed by atoms with Crippen molar-refractivity contribution in [3.05, 3.63) is 65.7 Å². The number of carbonyl (C=O) groups is 2. The summed E-state index contributed by atoms with van der Waals surface area (Å²) in [6, 6.07) is 16.1. The first-order valence-electron chi connectivity index (χ1n) is 8.49. The number of para-hydroxylation sites is 1. The van der Waals surface area contributed by atoms with Crippen LogP contribution in [0.4, 0.5) is 5.69 Å². The lowest BCUT2D eigenvalue weighted by molar-refractivity contribution is -0.117. The van der Waals surface area contributed by atoms with E-state index in [-0.39, 0.29) is 30.8 Å². The van der Waals surface area contributed by atoms with E-state index in [1.807, 2.05) is 23.1 Å². The normalized spacial score (nSPS) is 17.4. The van der Waals surface area contributed by atoms with Gasteiger partial charge in [-0.1, -0.05) is 42.5 Å². The van der Waals surface area contributed by atoms with Gasteiger partial charge in [-0.3, -0.25) is 14.5 Å². The molecule has 3 rings (SSSR count). The number of amides is 1. The van der Waals surface area contributed by atoms with E-state index in [9.17, 15) is 14.7 Å². The number of nitrogens with one attached hydrogen (secondary N) is 1. The Kier molecular flexibility index (Phi) is 5.58. The molecule has 5 nitrogen and oxygen atoms in total. The summed E-state index contributed by atoms with van der Waals surface area (Å²) in [6.07, 6.45) is 0.910. The Labute approximate surface area is 147 Å². The maximum atomic E-state index is 12.7. The van der Waals surface area contributed by atoms with Crippen LogP contribution in [-0.4, -0.2) is 47.9 Å².